The molecule has 0 rings (SSSR count). The second kappa shape index (κ2) is 6.10. The van der Waals surface area contributed by atoms with E-state index in [9.17, 15) is 0 Å². The van der Waals surface area contributed by atoms with Crippen LogP contribution in [-0.4, -0.2) is 7.85 Å². The lowest BCUT2D eigenvalue weighted by atomic mass is 9.71. The van der Waals surface area contributed by atoms with Gasteiger partial charge in [0, 0.05) is 0 Å². The summed E-state index contributed by atoms with van der Waals surface area (Å²) in [5.41, 5.74) is 0. The maximum Gasteiger partial charge on any atom is 0.105 e. The lowest BCUT2D eigenvalue weighted by Crippen LogP contribution is -2.14. The first-order chi connectivity index (χ1) is 5.67. The second-order valence-electron chi connectivity index (χ2n) is 3.65. The molecule has 68 valence electrons. The van der Waals surface area contributed by atoms with Crippen LogP contribution in [0.15, 0.2) is 24.8 Å². The van der Waals surface area contributed by atoms with Crippen molar-refractivity contribution >= 4 is 7.85 Å². The first kappa shape index (κ1) is 11.5. The highest BCUT2D eigenvalue weighted by Gasteiger charge is 2.16. The van der Waals surface area contributed by atoms with Gasteiger partial charge in [0.2, 0.25) is 0 Å². The fraction of sp³-hybridized carbons (Fsp3) is 0.636. The standard InChI is InChI=1S/C11H21B/c1-5-8-10(6-2)11(7-3)9(4)12/h5,7-11H,3,6,12H2,1-2,4H3/b8-5+. The molecule has 0 aliphatic carbocycles. The summed E-state index contributed by atoms with van der Waals surface area (Å²) in [7, 11) is 2.26. The fourth-order valence-electron chi connectivity index (χ4n) is 1.73. The first-order valence-corrected chi connectivity index (χ1v) is 4.92. The summed E-state index contributed by atoms with van der Waals surface area (Å²) in [4.78, 5) is 0. The summed E-state index contributed by atoms with van der Waals surface area (Å²) in [6, 6.07) is 0. The van der Waals surface area contributed by atoms with E-state index in [1.54, 1.807) is 0 Å². The Morgan fingerprint density at radius 3 is 2.33 bits per heavy atom. The van der Waals surface area contributed by atoms with E-state index in [4.69, 9.17) is 0 Å². The van der Waals surface area contributed by atoms with Gasteiger partial charge in [0.15, 0.2) is 0 Å². The predicted octanol–water partition coefficient (Wildman–Crippen LogP) is 2.83. The molecule has 0 bridgehead atoms. The SMILES string of the molecule is BC(C)C(C=C)C(/C=C/C)CC. The van der Waals surface area contributed by atoms with Crippen molar-refractivity contribution in [2.24, 2.45) is 11.8 Å². The zero-order valence-corrected chi connectivity index (χ0v) is 8.88. The molecule has 12 heavy (non-hydrogen) atoms. The molecule has 0 amide bonds. The summed E-state index contributed by atoms with van der Waals surface area (Å²) in [6.07, 6.45) is 7.75. The van der Waals surface area contributed by atoms with E-state index < -0.39 is 0 Å². The number of hydrogen-bond donors (Lipinski definition) is 0. The Hall–Kier alpha value is -0.455. The van der Waals surface area contributed by atoms with Crippen molar-refractivity contribution in [3.05, 3.63) is 24.8 Å². The summed E-state index contributed by atoms with van der Waals surface area (Å²) >= 11 is 0. The fourth-order valence-corrected chi connectivity index (χ4v) is 1.73. The van der Waals surface area contributed by atoms with Crippen LogP contribution in [-0.2, 0) is 0 Å². The zero-order valence-electron chi connectivity index (χ0n) is 8.88. The Bertz CT molecular complexity index is 147. The molecule has 0 aromatic heterocycles. The molecule has 0 heterocycles. The van der Waals surface area contributed by atoms with Crippen LogP contribution in [0.25, 0.3) is 0 Å². The minimum atomic E-state index is 0.631. The van der Waals surface area contributed by atoms with E-state index >= 15 is 0 Å². The molecule has 0 aromatic carbocycles. The molecule has 0 fully saturated rings. The highest BCUT2D eigenvalue weighted by molar-refractivity contribution is 6.11. The average Bonchev–Trinajstić information content (AvgIpc) is 2.03. The minimum absolute atomic E-state index is 0.631. The van der Waals surface area contributed by atoms with Gasteiger partial charge in [-0.3, -0.25) is 0 Å². The molecule has 0 aromatic rings. The largest absolute Gasteiger partial charge is 0.105 e. The van der Waals surface area contributed by atoms with Gasteiger partial charge in [-0.15, -0.1) is 6.58 Å². The lowest BCUT2D eigenvalue weighted by Gasteiger charge is -2.23. The van der Waals surface area contributed by atoms with E-state index in [1.165, 1.54) is 6.42 Å². The van der Waals surface area contributed by atoms with Crippen LogP contribution < -0.4 is 0 Å². The number of rotatable bonds is 5. The molecule has 0 spiro atoms. The van der Waals surface area contributed by atoms with Gasteiger partial charge >= 0.3 is 0 Å². The third-order valence-corrected chi connectivity index (χ3v) is 2.45. The summed E-state index contributed by atoms with van der Waals surface area (Å²) < 4.78 is 0. The van der Waals surface area contributed by atoms with E-state index in [2.05, 4.69) is 53.4 Å². The normalized spacial score (nSPS) is 18.9. The highest BCUT2D eigenvalue weighted by Crippen LogP contribution is 2.27. The number of allylic oxidation sites excluding steroid dienone is 3. The third kappa shape index (κ3) is 3.29. The van der Waals surface area contributed by atoms with Gasteiger partial charge in [-0.05, 0) is 25.2 Å². The Morgan fingerprint density at radius 2 is 2.08 bits per heavy atom. The third-order valence-electron chi connectivity index (χ3n) is 2.45. The van der Waals surface area contributed by atoms with Gasteiger partial charge in [-0.25, -0.2) is 0 Å². The molecule has 0 aliphatic heterocycles. The Balaban J connectivity index is 4.32. The van der Waals surface area contributed by atoms with Crippen molar-refractivity contribution in [2.45, 2.75) is 33.0 Å². The molecular weight excluding hydrogens is 143 g/mol. The van der Waals surface area contributed by atoms with Gasteiger partial charge in [0.25, 0.3) is 0 Å². The van der Waals surface area contributed by atoms with Crippen LogP contribution in [0.5, 0.6) is 0 Å². The molecule has 0 N–H and O–H groups in total. The monoisotopic (exact) mass is 164 g/mol. The molecule has 3 unspecified atom stereocenters. The maximum atomic E-state index is 3.90. The maximum absolute atomic E-state index is 3.90. The Kier molecular flexibility index (Phi) is 5.87. The molecule has 0 saturated carbocycles. The van der Waals surface area contributed by atoms with Crippen LogP contribution >= 0.6 is 0 Å². The van der Waals surface area contributed by atoms with Crippen molar-refractivity contribution in [1.82, 2.24) is 0 Å². The average molecular weight is 164 g/mol. The van der Waals surface area contributed by atoms with E-state index in [0.29, 0.717) is 17.7 Å². The van der Waals surface area contributed by atoms with Gasteiger partial charge in [-0.2, -0.15) is 0 Å². The van der Waals surface area contributed by atoms with Crippen molar-refractivity contribution in [3.63, 3.8) is 0 Å². The molecule has 0 saturated heterocycles. The Morgan fingerprint density at radius 1 is 1.50 bits per heavy atom. The second-order valence-corrected chi connectivity index (χ2v) is 3.65. The van der Waals surface area contributed by atoms with Crippen molar-refractivity contribution in [2.75, 3.05) is 0 Å². The molecule has 1 heteroatoms. The van der Waals surface area contributed by atoms with Gasteiger partial charge < -0.3 is 0 Å². The molecular formula is C11H21B. The van der Waals surface area contributed by atoms with Crippen LogP contribution in [0.2, 0.25) is 5.82 Å². The van der Waals surface area contributed by atoms with Crippen LogP contribution in [0.3, 0.4) is 0 Å². The van der Waals surface area contributed by atoms with E-state index in [0.717, 1.165) is 0 Å². The summed E-state index contributed by atoms with van der Waals surface area (Å²) in [6.45, 7) is 10.5. The van der Waals surface area contributed by atoms with Crippen LogP contribution in [0.1, 0.15) is 27.2 Å². The smallest absolute Gasteiger partial charge is 0.103 e. The van der Waals surface area contributed by atoms with Gasteiger partial charge in [0.1, 0.15) is 7.85 Å². The first-order valence-electron chi connectivity index (χ1n) is 4.92. The quantitative estimate of drug-likeness (QED) is 0.433. The zero-order chi connectivity index (χ0) is 9.56. The van der Waals surface area contributed by atoms with Gasteiger partial charge in [0.05, 0.1) is 0 Å². The minimum Gasteiger partial charge on any atom is -0.103 e. The van der Waals surface area contributed by atoms with E-state index in [1.807, 2.05) is 0 Å². The Labute approximate surface area is 78.2 Å². The summed E-state index contributed by atoms with van der Waals surface area (Å²) in [5, 5.41) is 0. The highest BCUT2D eigenvalue weighted by atomic mass is 14.2. The lowest BCUT2D eigenvalue weighted by molar-refractivity contribution is 0.450. The summed E-state index contributed by atoms with van der Waals surface area (Å²) in [5.74, 6) is 2.00. The van der Waals surface area contributed by atoms with Gasteiger partial charge in [-0.1, -0.05) is 37.9 Å². The van der Waals surface area contributed by atoms with E-state index in [-0.39, 0.29) is 0 Å². The molecule has 0 radical (unpaired) electrons. The topological polar surface area (TPSA) is 0 Å². The molecule has 0 aliphatic rings. The number of hydrogen-bond acceptors (Lipinski definition) is 0. The predicted molar refractivity (Wildman–Crippen MR) is 60.3 cm³/mol. The van der Waals surface area contributed by atoms with Crippen molar-refractivity contribution in [1.29, 1.82) is 0 Å². The molecule has 3 atom stereocenters. The van der Waals surface area contributed by atoms with Crippen molar-refractivity contribution in [3.8, 4) is 0 Å². The van der Waals surface area contributed by atoms with Crippen LogP contribution in [0, 0.1) is 11.8 Å². The van der Waals surface area contributed by atoms with Crippen molar-refractivity contribution < 1.29 is 0 Å². The van der Waals surface area contributed by atoms with Crippen LogP contribution in [0.4, 0.5) is 0 Å². The molecule has 0 nitrogen and oxygen atoms in total.